The van der Waals surface area contributed by atoms with E-state index in [1.165, 1.54) is 12.0 Å². The van der Waals surface area contributed by atoms with Crippen molar-refractivity contribution < 1.29 is 0 Å². The van der Waals surface area contributed by atoms with Gasteiger partial charge in [0.05, 0.1) is 5.69 Å². The van der Waals surface area contributed by atoms with Crippen molar-refractivity contribution in [1.29, 1.82) is 0 Å². The first-order valence-electron chi connectivity index (χ1n) is 7.02. The fraction of sp³-hybridized carbons (Fsp3) is 0. The highest BCUT2D eigenvalue weighted by Gasteiger charge is 1.91. The number of benzene rings is 2. The van der Waals surface area contributed by atoms with Crippen molar-refractivity contribution in [2.24, 2.45) is 0 Å². The first-order chi connectivity index (χ1) is 10.9. The van der Waals surface area contributed by atoms with Crippen molar-refractivity contribution in [2.75, 3.05) is 0 Å². The second-order valence-electron chi connectivity index (χ2n) is 4.60. The molecule has 0 aliphatic rings. The van der Waals surface area contributed by atoms with Gasteiger partial charge in [-0.1, -0.05) is 36.4 Å². The molecule has 2 aromatic heterocycles. The smallest absolute Gasteiger partial charge is 0.138 e. The molecule has 2 heterocycles. The summed E-state index contributed by atoms with van der Waals surface area (Å²) in [6, 6.07) is 24.2. The van der Waals surface area contributed by atoms with Crippen molar-refractivity contribution in [3.63, 3.8) is 0 Å². The molecule has 0 aliphatic heterocycles. The summed E-state index contributed by atoms with van der Waals surface area (Å²) < 4.78 is 3.81. The normalized spacial score (nSPS) is 9.82. The van der Waals surface area contributed by atoms with E-state index in [2.05, 4.69) is 26.8 Å². The zero-order chi connectivity index (χ0) is 15.0. The highest BCUT2D eigenvalue weighted by molar-refractivity contribution is 5.31. The van der Waals surface area contributed by atoms with Gasteiger partial charge in [-0.05, 0) is 36.4 Å². The van der Waals surface area contributed by atoms with Crippen LogP contribution in [0.4, 0.5) is 0 Å². The topological polar surface area (TPSA) is 35.6 Å². The molecular weight excluding hydrogens is 272 g/mol. The average molecular weight is 288 g/mol. The SMILES string of the molecule is c1ccc(-n2cccc2)cc1.c1ccc(-n2cncn2)cc1. The summed E-state index contributed by atoms with van der Waals surface area (Å²) in [4.78, 5) is 3.85. The second kappa shape index (κ2) is 7.04. The van der Waals surface area contributed by atoms with E-state index in [4.69, 9.17) is 0 Å². The average Bonchev–Trinajstić information content (AvgIpc) is 3.31. The maximum atomic E-state index is 3.99. The molecule has 22 heavy (non-hydrogen) atoms. The largest absolute Gasteiger partial charge is 0.324 e. The number of rotatable bonds is 2. The van der Waals surface area contributed by atoms with E-state index < -0.39 is 0 Å². The summed E-state index contributed by atoms with van der Waals surface area (Å²) in [6.45, 7) is 0. The van der Waals surface area contributed by atoms with E-state index >= 15 is 0 Å². The molecule has 0 saturated carbocycles. The zero-order valence-electron chi connectivity index (χ0n) is 12.0. The molecule has 0 spiro atoms. The molecule has 0 atom stereocenters. The summed E-state index contributed by atoms with van der Waals surface area (Å²) in [5, 5.41) is 3.99. The Hall–Kier alpha value is -3.14. The molecule has 0 amide bonds. The summed E-state index contributed by atoms with van der Waals surface area (Å²) in [7, 11) is 0. The zero-order valence-corrected chi connectivity index (χ0v) is 12.0. The highest BCUT2D eigenvalue weighted by atomic mass is 15.3. The summed E-state index contributed by atoms with van der Waals surface area (Å²) in [5.41, 5.74) is 2.24. The van der Waals surface area contributed by atoms with Crippen molar-refractivity contribution in [3.05, 3.63) is 97.8 Å². The van der Waals surface area contributed by atoms with Gasteiger partial charge in [0.25, 0.3) is 0 Å². The summed E-state index contributed by atoms with van der Waals surface area (Å²) >= 11 is 0. The Kier molecular flexibility index (Phi) is 4.42. The fourth-order valence-electron chi connectivity index (χ4n) is 2.03. The maximum Gasteiger partial charge on any atom is 0.138 e. The molecule has 0 unspecified atom stereocenters. The lowest BCUT2D eigenvalue weighted by atomic mass is 10.3. The number of para-hydroxylation sites is 2. The van der Waals surface area contributed by atoms with Crippen LogP contribution >= 0.6 is 0 Å². The lowest BCUT2D eigenvalue weighted by Crippen LogP contribution is -1.92. The molecule has 0 saturated heterocycles. The monoisotopic (exact) mass is 288 g/mol. The Bertz CT molecular complexity index is 691. The van der Waals surface area contributed by atoms with Crippen LogP contribution in [0.2, 0.25) is 0 Å². The van der Waals surface area contributed by atoms with E-state index in [9.17, 15) is 0 Å². The van der Waals surface area contributed by atoms with Crippen LogP contribution in [-0.4, -0.2) is 19.3 Å². The minimum Gasteiger partial charge on any atom is -0.324 e. The van der Waals surface area contributed by atoms with Crippen molar-refractivity contribution in [1.82, 2.24) is 19.3 Å². The van der Waals surface area contributed by atoms with Crippen LogP contribution in [-0.2, 0) is 0 Å². The molecule has 0 radical (unpaired) electrons. The van der Waals surface area contributed by atoms with E-state index in [1.54, 1.807) is 11.0 Å². The first kappa shape index (κ1) is 13.8. The van der Waals surface area contributed by atoms with Crippen LogP contribution in [0.1, 0.15) is 0 Å². The van der Waals surface area contributed by atoms with Crippen LogP contribution in [0.5, 0.6) is 0 Å². The number of hydrogen-bond acceptors (Lipinski definition) is 2. The van der Waals surface area contributed by atoms with Gasteiger partial charge < -0.3 is 4.57 Å². The van der Waals surface area contributed by atoms with Gasteiger partial charge in [0.1, 0.15) is 12.7 Å². The molecule has 0 aliphatic carbocycles. The van der Waals surface area contributed by atoms with Gasteiger partial charge in [0, 0.05) is 18.1 Å². The minimum atomic E-state index is 1.03. The van der Waals surface area contributed by atoms with Gasteiger partial charge in [0.2, 0.25) is 0 Å². The van der Waals surface area contributed by atoms with E-state index in [0.717, 1.165) is 5.69 Å². The Morgan fingerprint density at radius 3 is 1.77 bits per heavy atom. The summed E-state index contributed by atoms with van der Waals surface area (Å²) in [6.07, 6.45) is 7.27. The van der Waals surface area contributed by atoms with E-state index in [0.29, 0.717) is 0 Å². The van der Waals surface area contributed by atoms with Gasteiger partial charge in [-0.3, -0.25) is 0 Å². The van der Waals surface area contributed by atoms with Crippen LogP contribution in [0, 0.1) is 0 Å². The molecule has 0 bridgehead atoms. The highest BCUT2D eigenvalue weighted by Crippen LogP contribution is 2.05. The lowest BCUT2D eigenvalue weighted by Gasteiger charge is -1.99. The molecule has 4 nitrogen and oxygen atoms in total. The van der Waals surface area contributed by atoms with Crippen molar-refractivity contribution >= 4 is 0 Å². The summed E-state index contributed by atoms with van der Waals surface area (Å²) in [5.74, 6) is 0. The third-order valence-corrected chi connectivity index (χ3v) is 3.10. The van der Waals surface area contributed by atoms with Crippen LogP contribution in [0.25, 0.3) is 11.4 Å². The van der Waals surface area contributed by atoms with Crippen molar-refractivity contribution in [3.8, 4) is 11.4 Å². The predicted octanol–water partition coefficient (Wildman–Crippen LogP) is 3.74. The number of hydrogen-bond donors (Lipinski definition) is 0. The van der Waals surface area contributed by atoms with Gasteiger partial charge >= 0.3 is 0 Å². The quantitative estimate of drug-likeness (QED) is 0.563. The van der Waals surface area contributed by atoms with Gasteiger partial charge in [-0.25, -0.2) is 9.67 Å². The second-order valence-corrected chi connectivity index (χ2v) is 4.60. The van der Waals surface area contributed by atoms with Crippen LogP contribution < -0.4 is 0 Å². The molecule has 0 N–H and O–H groups in total. The Balaban J connectivity index is 0.000000131. The lowest BCUT2D eigenvalue weighted by molar-refractivity contribution is 0.879. The predicted molar refractivity (Wildman–Crippen MR) is 87.1 cm³/mol. The van der Waals surface area contributed by atoms with E-state index in [-0.39, 0.29) is 0 Å². The molecule has 108 valence electrons. The molecule has 2 aromatic carbocycles. The number of aromatic nitrogens is 4. The van der Waals surface area contributed by atoms with Crippen LogP contribution in [0.3, 0.4) is 0 Å². The standard InChI is InChI=1S/C10H9N.C8H7N3/c1-2-6-10(7-3-1)11-8-4-5-9-11;1-2-4-8(5-3-1)11-7-9-6-10-11/h1-9H;1-7H. The molecule has 4 rings (SSSR count). The molecule has 0 fully saturated rings. The number of nitrogens with zero attached hydrogens (tertiary/aromatic N) is 4. The fourth-order valence-corrected chi connectivity index (χ4v) is 2.03. The first-order valence-corrected chi connectivity index (χ1v) is 7.02. The molecule has 4 heteroatoms. The minimum absolute atomic E-state index is 1.03. The van der Waals surface area contributed by atoms with Crippen molar-refractivity contribution in [2.45, 2.75) is 0 Å². The molecule has 4 aromatic rings. The third kappa shape index (κ3) is 3.49. The molecular formula is C18H16N4. The van der Waals surface area contributed by atoms with E-state index in [1.807, 2.05) is 73.1 Å². The Labute approximate surface area is 129 Å². The maximum absolute atomic E-state index is 3.99. The van der Waals surface area contributed by atoms with Gasteiger partial charge in [0.15, 0.2) is 0 Å². The van der Waals surface area contributed by atoms with Gasteiger partial charge in [-0.15, -0.1) is 0 Å². The Morgan fingerprint density at radius 1 is 0.636 bits per heavy atom. The Morgan fingerprint density at radius 2 is 1.23 bits per heavy atom. The third-order valence-electron chi connectivity index (χ3n) is 3.10. The van der Waals surface area contributed by atoms with Crippen LogP contribution in [0.15, 0.2) is 97.8 Å². The van der Waals surface area contributed by atoms with Gasteiger partial charge in [-0.2, -0.15) is 5.10 Å².